The van der Waals surface area contributed by atoms with Crippen LogP contribution in [-0.4, -0.2) is 33.3 Å². The first-order valence-electron chi connectivity index (χ1n) is 8.79. The fourth-order valence-corrected chi connectivity index (χ4v) is 3.38. The van der Waals surface area contributed by atoms with Gasteiger partial charge < -0.3 is 9.32 Å². The smallest absolute Gasteiger partial charge is 0.408 e. The zero-order valence-electron chi connectivity index (χ0n) is 14.8. The molecule has 0 N–H and O–H groups in total. The van der Waals surface area contributed by atoms with E-state index in [4.69, 9.17) is 4.42 Å². The molecule has 5 nitrogen and oxygen atoms in total. The van der Waals surface area contributed by atoms with Crippen molar-refractivity contribution in [2.75, 3.05) is 6.54 Å². The SMILES string of the molecule is CCc1ccc(C2CCCCN2C(=O)c2cn(CC(F)(F)F)nc2C)o1. The summed E-state index contributed by atoms with van der Waals surface area (Å²) in [6, 6.07) is 3.59. The van der Waals surface area contributed by atoms with Crippen LogP contribution >= 0.6 is 0 Å². The molecule has 2 aromatic heterocycles. The second kappa shape index (κ2) is 7.17. The molecule has 142 valence electrons. The van der Waals surface area contributed by atoms with Crippen molar-refractivity contribution in [3.8, 4) is 0 Å². The number of carbonyl (C=O) groups excluding carboxylic acids is 1. The highest BCUT2D eigenvalue weighted by Crippen LogP contribution is 2.33. The van der Waals surface area contributed by atoms with Crippen LogP contribution in [0.25, 0.3) is 0 Å². The molecule has 0 spiro atoms. The van der Waals surface area contributed by atoms with E-state index >= 15 is 0 Å². The number of aryl methyl sites for hydroxylation is 2. The number of carbonyl (C=O) groups is 1. The number of hydrogen-bond donors (Lipinski definition) is 0. The molecule has 1 fully saturated rings. The van der Waals surface area contributed by atoms with E-state index < -0.39 is 12.7 Å². The second-order valence-electron chi connectivity index (χ2n) is 6.61. The summed E-state index contributed by atoms with van der Waals surface area (Å²) < 4.78 is 44.4. The lowest BCUT2D eigenvalue weighted by molar-refractivity contribution is -0.142. The number of alkyl halides is 3. The molecule has 3 heterocycles. The third kappa shape index (κ3) is 3.94. The lowest BCUT2D eigenvalue weighted by atomic mass is 9.99. The van der Waals surface area contributed by atoms with Gasteiger partial charge in [-0.2, -0.15) is 18.3 Å². The molecule has 1 aliphatic rings. The molecule has 1 aliphatic heterocycles. The summed E-state index contributed by atoms with van der Waals surface area (Å²) in [5, 5.41) is 3.85. The molecular weight excluding hydrogens is 347 g/mol. The summed E-state index contributed by atoms with van der Waals surface area (Å²) in [5.41, 5.74) is 0.515. The third-order valence-corrected chi connectivity index (χ3v) is 4.64. The van der Waals surface area contributed by atoms with Crippen LogP contribution in [0.5, 0.6) is 0 Å². The minimum absolute atomic E-state index is 0.193. The zero-order chi connectivity index (χ0) is 18.9. The lowest BCUT2D eigenvalue weighted by Crippen LogP contribution is -2.38. The number of aromatic nitrogens is 2. The van der Waals surface area contributed by atoms with Gasteiger partial charge in [0.2, 0.25) is 0 Å². The number of furan rings is 1. The fraction of sp³-hybridized carbons (Fsp3) is 0.556. The Morgan fingerprint density at radius 1 is 1.35 bits per heavy atom. The van der Waals surface area contributed by atoms with E-state index in [2.05, 4.69) is 5.10 Å². The number of piperidine rings is 1. The highest BCUT2D eigenvalue weighted by atomic mass is 19.4. The molecule has 0 aromatic carbocycles. The number of halogens is 3. The molecule has 2 aromatic rings. The number of rotatable bonds is 4. The molecule has 0 saturated carbocycles. The Bertz CT molecular complexity index is 779. The van der Waals surface area contributed by atoms with Crippen LogP contribution in [-0.2, 0) is 13.0 Å². The monoisotopic (exact) mass is 369 g/mol. The lowest BCUT2D eigenvalue weighted by Gasteiger charge is -2.34. The van der Waals surface area contributed by atoms with Gasteiger partial charge in [0.15, 0.2) is 0 Å². The van der Waals surface area contributed by atoms with E-state index in [0.29, 0.717) is 12.2 Å². The van der Waals surface area contributed by atoms with Crippen molar-refractivity contribution < 1.29 is 22.4 Å². The van der Waals surface area contributed by atoms with Gasteiger partial charge in [0.1, 0.15) is 18.1 Å². The van der Waals surface area contributed by atoms with Gasteiger partial charge >= 0.3 is 6.18 Å². The van der Waals surface area contributed by atoms with E-state index in [9.17, 15) is 18.0 Å². The maximum Gasteiger partial charge on any atom is 0.408 e. The molecule has 1 amide bonds. The molecule has 0 radical (unpaired) electrons. The zero-order valence-corrected chi connectivity index (χ0v) is 14.8. The average molecular weight is 369 g/mol. The quantitative estimate of drug-likeness (QED) is 0.808. The minimum Gasteiger partial charge on any atom is -0.464 e. The van der Waals surface area contributed by atoms with E-state index in [1.165, 1.54) is 6.20 Å². The first-order chi connectivity index (χ1) is 12.3. The molecule has 8 heteroatoms. The fourth-order valence-electron chi connectivity index (χ4n) is 3.38. The predicted molar refractivity (Wildman–Crippen MR) is 88.7 cm³/mol. The van der Waals surface area contributed by atoms with E-state index in [-0.39, 0.29) is 17.5 Å². The average Bonchev–Trinajstić information content (AvgIpc) is 3.19. The van der Waals surface area contributed by atoms with Crippen LogP contribution in [0.2, 0.25) is 0 Å². The molecule has 1 unspecified atom stereocenters. The van der Waals surface area contributed by atoms with Crippen molar-refractivity contribution in [2.24, 2.45) is 0 Å². The summed E-state index contributed by atoms with van der Waals surface area (Å²) in [4.78, 5) is 14.7. The Hall–Kier alpha value is -2.25. The van der Waals surface area contributed by atoms with Gasteiger partial charge in [0.25, 0.3) is 5.91 Å². The third-order valence-electron chi connectivity index (χ3n) is 4.64. The van der Waals surface area contributed by atoms with Crippen molar-refractivity contribution in [1.29, 1.82) is 0 Å². The van der Waals surface area contributed by atoms with Gasteiger partial charge in [-0.15, -0.1) is 0 Å². The summed E-state index contributed by atoms with van der Waals surface area (Å²) in [6.07, 6.45) is 0.192. The highest BCUT2D eigenvalue weighted by molar-refractivity contribution is 5.95. The van der Waals surface area contributed by atoms with Crippen LogP contribution < -0.4 is 0 Å². The van der Waals surface area contributed by atoms with Gasteiger partial charge in [-0.25, -0.2) is 0 Å². The molecule has 0 aliphatic carbocycles. The Morgan fingerprint density at radius 2 is 2.12 bits per heavy atom. The van der Waals surface area contributed by atoms with Crippen molar-refractivity contribution in [3.63, 3.8) is 0 Å². The number of nitrogens with zero attached hydrogens (tertiary/aromatic N) is 3. The first kappa shape index (κ1) is 18.5. The van der Waals surface area contributed by atoms with Crippen LogP contribution in [0.15, 0.2) is 22.7 Å². The standard InChI is InChI=1S/C18H22F3N3O2/c1-3-13-7-8-16(26-13)15-6-4-5-9-24(15)17(25)14-10-23(22-12(14)2)11-18(19,20)21/h7-8,10,15H,3-6,9,11H2,1-2H3. The number of likely N-dealkylation sites (tertiary alicyclic amines) is 1. The predicted octanol–water partition coefficient (Wildman–Crippen LogP) is 4.28. The Labute approximate surface area is 149 Å². The van der Waals surface area contributed by atoms with Crippen LogP contribution in [0.1, 0.15) is 59.8 Å². The van der Waals surface area contributed by atoms with Gasteiger partial charge in [-0.1, -0.05) is 6.92 Å². The van der Waals surface area contributed by atoms with Gasteiger partial charge in [0, 0.05) is 19.2 Å². The highest BCUT2D eigenvalue weighted by Gasteiger charge is 2.33. The maximum absolute atomic E-state index is 13.0. The van der Waals surface area contributed by atoms with Crippen molar-refractivity contribution in [3.05, 3.63) is 41.1 Å². The molecule has 0 bridgehead atoms. The van der Waals surface area contributed by atoms with E-state index in [0.717, 1.165) is 41.9 Å². The minimum atomic E-state index is -4.38. The van der Waals surface area contributed by atoms with E-state index in [1.54, 1.807) is 11.8 Å². The summed E-state index contributed by atoms with van der Waals surface area (Å²) >= 11 is 0. The molecule has 1 atom stereocenters. The largest absolute Gasteiger partial charge is 0.464 e. The molecule has 1 saturated heterocycles. The molecule has 3 rings (SSSR count). The summed E-state index contributed by atoms with van der Waals surface area (Å²) in [7, 11) is 0. The van der Waals surface area contributed by atoms with Gasteiger partial charge in [-0.05, 0) is 38.3 Å². The maximum atomic E-state index is 13.0. The normalized spacial score (nSPS) is 18.3. The second-order valence-corrected chi connectivity index (χ2v) is 6.61. The summed E-state index contributed by atoms with van der Waals surface area (Å²) in [5.74, 6) is 1.29. The van der Waals surface area contributed by atoms with E-state index in [1.807, 2.05) is 19.1 Å². The van der Waals surface area contributed by atoms with Gasteiger partial charge in [-0.3, -0.25) is 9.48 Å². The van der Waals surface area contributed by atoms with Crippen LogP contribution in [0.4, 0.5) is 13.2 Å². The summed E-state index contributed by atoms with van der Waals surface area (Å²) in [6.45, 7) is 2.89. The Morgan fingerprint density at radius 3 is 2.77 bits per heavy atom. The first-order valence-corrected chi connectivity index (χ1v) is 8.79. The Balaban J connectivity index is 1.85. The number of amides is 1. The van der Waals surface area contributed by atoms with Crippen LogP contribution in [0.3, 0.4) is 0 Å². The van der Waals surface area contributed by atoms with Crippen LogP contribution in [0, 0.1) is 6.92 Å². The van der Waals surface area contributed by atoms with Gasteiger partial charge in [0.05, 0.1) is 17.3 Å². The number of hydrogen-bond acceptors (Lipinski definition) is 3. The molecular formula is C18H22F3N3O2. The topological polar surface area (TPSA) is 51.3 Å². The van der Waals surface area contributed by atoms with Crippen molar-refractivity contribution in [1.82, 2.24) is 14.7 Å². The van der Waals surface area contributed by atoms with Crippen molar-refractivity contribution in [2.45, 2.75) is 58.3 Å². The van der Waals surface area contributed by atoms with Crippen molar-refractivity contribution >= 4 is 5.91 Å². The molecule has 26 heavy (non-hydrogen) atoms. The Kier molecular flexibility index (Phi) is 5.11.